The normalized spacial score (nSPS) is 10.3. The van der Waals surface area contributed by atoms with Gasteiger partial charge in [0.15, 0.2) is 0 Å². The molecule has 0 saturated carbocycles. The molecule has 0 unspecified atom stereocenters. The first kappa shape index (κ1) is 20.5. The Balaban J connectivity index is 0.00000144. The van der Waals surface area contributed by atoms with Gasteiger partial charge in [-0.25, -0.2) is 35.4 Å². The van der Waals surface area contributed by atoms with E-state index in [1.54, 1.807) is 0 Å². The molecular formula is C22H16Pd2-2. The average molecular weight is 493 g/mol. The molecule has 3 rings (SSSR count). The minimum absolute atomic E-state index is 0. The molecule has 0 fully saturated rings. The summed E-state index contributed by atoms with van der Waals surface area (Å²) in [6.45, 7) is 0. The quantitative estimate of drug-likeness (QED) is 0.252. The fraction of sp³-hybridized carbons (Fsp3) is 0. The average Bonchev–Trinajstić information content (AvgIpc) is 2.61. The molecule has 0 N–H and O–H groups in total. The van der Waals surface area contributed by atoms with Gasteiger partial charge in [0.1, 0.15) is 0 Å². The second kappa shape index (κ2) is 11.1. The smallest absolute Gasteiger partial charge is 0 e. The largest absolute Gasteiger partial charge is 0.246 e. The minimum atomic E-state index is 0. The van der Waals surface area contributed by atoms with Gasteiger partial charge in [0.25, 0.3) is 0 Å². The third-order valence-corrected chi connectivity index (χ3v) is 3.30. The van der Waals surface area contributed by atoms with Gasteiger partial charge < -0.3 is 0 Å². The zero-order chi connectivity index (χ0) is 15.0. The summed E-state index contributed by atoms with van der Waals surface area (Å²) in [5.74, 6) is 0. The van der Waals surface area contributed by atoms with Crippen LogP contribution in [0.1, 0.15) is 22.3 Å². The fourth-order valence-corrected chi connectivity index (χ4v) is 2.10. The summed E-state index contributed by atoms with van der Waals surface area (Å²) in [4.78, 5) is 0. The number of benzene rings is 3. The summed E-state index contributed by atoms with van der Waals surface area (Å²) in [5.41, 5.74) is 4.43. The Kier molecular flexibility index (Phi) is 9.48. The summed E-state index contributed by atoms with van der Waals surface area (Å²) >= 11 is 0. The maximum absolute atomic E-state index is 3.27. The molecule has 0 aliphatic heterocycles. The van der Waals surface area contributed by atoms with Crippen molar-refractivity contribution in [3.05, 3.63) is 107 Å². The number of rotatable bonds is 4. The molecule has 0 aliphatic carbocycles. The number of hydrogen-bond donors (Lipinski definition) is 0. The predicted octanol–water partition coefficient (Wildman–Crippen LogP) is 5.62. The van der Waals surface area contributed by atoms with E-state index in [1.165, 1.54) is 11.1 Å². The topological polar surface area (TPSA) is 0 Å². The summed E-state index contributed by atoms with van der Waals surface area (Å²) in [6.07, 6.45) is 8.27. The van der Waals surface area contributed by atoms with Crippen molar-refractivity contribution in [1.82, 2.24) is 0 Å². The van der Waals surface area contributed by atoms with E-state index < -0.39 is 0 Å². The third kappa shape index (κ3) is 6.53. The minimum Gasteiger partial charge on any atom is -0.246 e. The van der Waals surface area contributed by atoms with Gasteiger partial charge in [-0.15, -0.1) is 12.2 Å². The molecule has 0 amide bonds. The summed E-state index contributed by atoms with van der Waals surface area (Å²) in [6, 6.07) is 31.0. The van der Waals surface area contributed by atoms with Crippen molar-refractivity contribution in [2.45, 2.75) is 0 Å². The molecule has 0 aliphatic rings. The van der Waals surface area contributed by atoms with Crippen molar-refractivity contribution in [1.29, 1.82) is 0 Å². The van der Waals surface area contributed by atoms with E-state index in [0.29, 0.717) is 0 Å². The molecule has 24 heavy (non-hydrogen) atoms. The number of hydrogen-bond acceptors (Lipinski definition) is 0. The Labute approximate surface area is 171 Å². The van der Waals surface area contributed by atoms with Crippen LogP contribution in [-0.2, 0) is 40.8 Å². The van der Waals surface area contributed by atoms with Gasteiger partial charge >= 0.3 is 0 Å². The first-order valence-corrected chi connectivity index (χ1v) is 7.30. The Hall–Kier alpha value is -1.54. The van der Waals surface area contributed by atoms with Crippen LogP contribution in [0, 0.1) is 12.1 Å². The van der Waals surface area contributed by atoms with Crippen LogP contribution in [0.3, 0.4) is 0 Å². The van der Waals surface area contributed by atoms with Gasteiger partial charge in [0, 0.05) is 40.8 Å². The van der Waals surface area contributed by atoms with Crippen LogP contribution < -0.4 is 0 Å². The van der Waals surface area contributed by atoms with Crippen LogP contribution in [0.2, 0.25) is 0 Å². The van der Waals surface area contributed by atoms with E-state index in [4.69, 9.17) is 0 Å². The molecule has 126 valence electrons. The zero-order valence-corrected chi connectivity index (χ0v) is 16.0. The van der Waals surface area contributed by atoms with E-state index >= 15 is 0 Å². The summed E-state index contributed by atoms with van der Waals surface area (Å²) in [7, 11) is 0. The van der Waals surface area contributed by atoms with Gasteiger partial charge in [0.05, 0.1) is 0 Å². The first-order chi connectivity index (χ1) is 10.9. The van der Waals surface area contributed by atoms with Crippen molar-refractivity contribution in [2.24, 2.45) is 0 Å². The maximum atomic E-state index is 3.27. The molecule has 0 saturated heterocycles. The van der Waals surface area contributed by atoms with Crippen molar-refractivity contribution in [2.75, 3.05) is 0 Å². The van der Waals surface area contributed by atoms with Crippen LogP contribution in [0.25, 0.3) is 24.3 Å². The van der Waals surface area contributed by atoms with Crippen LogP contribution in [0.4, 0.5) is 0 Å². The van der Waals surface area contributed by atoms with Crippen molar-refractivity contribution in [3.8, 4) is 0 Å². The molecule has 0 spiro atoms. The molecule has 0 aromatic heterocycles. The van der Waals surface area contributed by atoms with Crippen LogP contribution in [0.5, 0.6) is 0 Å². The Morgan fingerprint density at radius 1 is 0.500 bits per heavy atom. The SMILES string of the molecule is [Pd].[Pd].[c-]1cc(/C=C/c2ccccc2)[c-]cc1/C=C/c1ccccc1. The molecule has 2 heteroatoms. The van der Waals surface area contributed by atoms with E-state index in [2.05, 4.69) is 60.7 Å². The fourth-order valence-electron chi connectivity index (χ4n) is 2.10. The van der Waals surface area contributed by atoms with Crippen LogP contribution >= 0.6 is 0 Å². The van der Waals surface area contributed by atoms with Crippen LogP contribution in [0.15, 0.2) is 72.8 Å². The second-order valence-electron chi connectivity index (χ2n) is 4.98. The van der Waals surface area contributed by atoms with E-state index in [-0.39, 0.29) is 40.8 Å². The Morgan fingerprint density at radius 2 is 0.875 bits per heavy atom. The summed E-state index contributed by atoms with van der Waals surface area (Å²) in [5, 5.41) is 0. The van der Waals surface area contributed by atoms with Gasteiger partial charge in [0.2, 0.25) is 0 Å². The molecule has 0 atom stereocenters. The first-order valence-electron chi connectivity index (χ1n) is 7.30. The molecule has 0 nitrogen and oxygen atoms in total. The van der Waals surface area contributed by atoms with Crippen LogP contribution in [-0.4, -0.2) is 0 Å². The third-order valence-electron chi connectivity index (χ3n) is 3.30. The zero-order valence-electron chi connectivity index (χ0n) is 12.9. The summed E-state index contributed by atoms with van der Waals surface area (Å²) < 4.78 is 0. The van der Waals surface area contributed by atoms with Gasteiger partial charge in [-0.2, -0.15) is 12.2 Å². The van der Waals surface area contributed by atoms with Crippen molar-refractivity contribution in [3.63, 3.8) is 0 Å². The molecule has 0 bridgehead atoms. The van der Waals surface area contributed by atoms with Gasteiger partial charge in [-0.1, -0.05) is 60.7 Å². The standard InChI is InChI=1S/C22H16.2Pd/c1-3-7-19(8-4-1)11-13-21-15-17-22(18-16-21)14-12-20-9-5-2-6-10-20;;/h1-15,18H;;/q-2;;/b13-11+,14-12+;;. The van der Waals surface area contributed by atoms with Crippen molar-refractivity contribution >= 4 is 24.3 Å². The Morgan fingerprint density at radius 3 is 1.21 bits per heavy atom. The predicted molar refractivity (Wildman–Crippen MR) is 94.9 cm³/mol. The Bertz CT molecular complexity index is 690. The molecule has 3 aromatic carbocycles. The molecule has 3 aromatic rings. The monoisotopic (exact) mass is 492 g/mol. The van der Waals surface area contributed by atoms with E-state index in [1.807, 2.05) is 48.5 Å². The molecule has 0 radical (unpaired) electrons. The molecular weight excluding hydrogens is 477 g/mol. The maximum Gasteiger partial charge on any atom is 0 e. The van der Waals surface area contributed by atoms with E-state index in [0.717, 1.165) is 11.1 Å². The van der Waals surface area contributed by atoms with Crippen molar-refractivity contribution < 1.29 is 40.8 Å². The van der Waals surface area contributed by atoms with Gasteiger partial charge in [-0.3, -0.25) is 0 Å². The van der Waals surface area contributed by atoms with Gasteiger partial charge in [-0.05, 0) is 11.1 Å². The van der Waals surface area contributed by atoms with E-state index in [9.17, 15) is 0 Å². The molecule has 0 heterocycles. The second-order valence-corrected chi connectivity index (χ2v) is 4.98.